The number of halogens is 3. The van der Waals surface area contributed by atoms with E-state index in [1.807, 2.05) is 24.3 Å². The largest absolute Gasteiger partial charge is 0.389 e. The predicted molar refractivity (Wildman–Crippen MR) is 116 cm³/mol. The quantitative estimate of drug-likeness (QED) is 0.435. The first-order chi connectivity index (χ1) is 13.9. The van der Waals surface area contributed by atoms with Crippen LogP contribution in [0.4, 0.5) is 13.2 Å². The molecule has 0 unspecified atom stereocenters. The van der Waals surface area contributed by atoms with Crippen molar-refractivity contribution in [2.45, 2.75) is 70.4 Å². The Morgan fingerprint density at radius 3 is 2.00 bits per heavy atom. The first kappa shape index (κ1) is 21.7. The standard InChI is InChI=1S/C26H31F3/c1-2-5-20-7-11-22(12-8-20)24-15-17-25(18-16-24)23-13-9-21(10-14-23)6-3-4-19-26(27,28)29/h3,6,9-10,13-18,20,22H,2,4-5,7-8,11-12,19H2,1H3. The molecule has 0 aliphatic heterocycles. The summed E-state index contributed by atoms with van der Waals surface area (Å²) in [6, 6.07) is 16.9. The maximum atomic E-state index is 12.2. The molecule has 0 heterocycles. The van der Waals surface area contributed by atoms with Crippen LogP contribution < -0.4 is 0 Å². The van der Waals surface area contributed by atoms with E-state index in [1.165, 1.54) is 49.7 Å². The topological polar surface area (TPSA) is 0 Å². The molecule has 1 saturated carbocycles. The molecule has 0 spiro atoms. The second kappa shape index (κ2) is 10.1. The van der Waals surface area contributed by atoms with Crippen molar-refractivity contribution in [1.82, 2.24) is 0 Å². The summed E-state index contributed by atoms with van der Waals surface area (Å²) < 4.78 is 36.6. The normalized spacial score (nSPS) is 20.3. The Hall–Kier alpha value is -2.03. The summed E-state index contributed by atoms with van der Waals surface area (Å²) in [6.07, 6.45) is 6.51. The van der Waals surface area contributed by atoms with E-state index in [4.69, 9.17) is 0 Å². The van der Waals surface area contributed by atoms with E-state index in [-0.39, 0.29) is 6.42 Å². The zero-order valence-electron chi connectivity index (χ0n) is 17.2. The summed E-state index contributed by atoms with van der Waals surface area (Å²) in [7, 11) is 0. The van der Waals surface area contributed by atoms with Gasteiger partial charge in [-0.15, -0.1) is 0 Å². The second-order valence-corrected chi connectivity index (χ2v) is 8.31. The third-order valence-electron chi connectivity index (χ3n) is 6.07. The fourth-order valence-corrected chi connectivity index (χ4v) is 4.39. The molecule has 1 fully saturated rings. The Balaban J connectivity index is 1.55. The average molecular weight is 401 g/mol. The Kier molecular flexibility index (Phi) is 7.57. The van der Waals surface area contributed by atoms with Gasteiger partial charge in [0.1, 0.15) is 0 Å². The lowest BCUT2D eigenvalue weighted by Gasteiger charge is -2.28. The highest BCUT2D eigenvalue weighted by molar-refractivity contribution is 5.66. The summed E-state index contributed by atoms with van der Waals surface area (Å²) >= 11 is 0. The third-order valence-corrected chi connectivity index (χ3v) is 6.07. The molecule has 0 amide bonds. The summed E-state index contributed by atoms with van der Waals surface area (Å²) in [5, 5.41) is 0. The maximum Gasteiger partial charge on any atom is 0.389 e. The molecule has 0 saturated heterocycles. The molecule has 1 aliphatic carbocycles. The summed E-state index contributed by atoms with van der Waals surface area (Å²) in [5.41, 5.74) is 4.70. The first-order valence-electron chi connectivity index (χ1n) is 10.9. The van der Waals surface area contributed by atoms with Crippen LogP contribution in [0.3, 0.4) is 0 Å². The SMILES string of the molecule is CCCC1CCC(c2ccc(-c3ccc(C=CCCC(F)(F)F)cc3)cc2)CC1. The van der Waals surface area contributed by atoms with E-state index in [2.05, 4.69) is 31.2 Å². The molecule has 1 aliphatic rings. The Labute approximate surface area is 172 Å². The van der Waals surface area contributed by atoms with E-state index in [0.29, 0.717) is 5.92 Å². The van der Waals surface area contributed by atoms with Crippen molar-refractivity contribution in [3.05, 3.63) is 65.7 Å². The van der Waals surface area contributed by atoms with Gasteiger partial charge in [-0.2, -0.15) is 13.2 Å². The van der Waals surface area contributed by atoms with Crippen molar-refractivity contribution in [2.24, 2.45) is 5.92 Å². The molecule has 3 heteroatoms. The minimum absolute atomic E-state index is 0.0209. The molecular weight excluding hydrogens is 369 g/mol. The van der Waals surface area contributed by atoms with Gasteiger partial charge in [-0.3, -0.25) is 0 Å². The fraction of sp³-hybridized carbons (Fsp3) is 0.462. The van der Waals surface area contributed by atoms with Crippen LogP contribution in [0.15, 0.2) is 54.6 Å². The van der Waals surface area contributed by atoms with Gasteiger partial charge >= 0.3 is 6.18 Å². The molecule has 2 aromatic carbocycles. The van der Waals surface area contributed by atoms with Gasteiger partial charge in [-0.25, -0.2) is 0 Å². The van der Waals surface area contributed by atoms with Gasteiger partial charge in [-0.05, 0) is 66.2 Å². The molecule has 0 aromatic heterocycles. The van der Waals surface area contributed by atoms with Gasteiger partial charge in [0.05, 0.1) is 0 Å². The number of alkyl halides is 3. The van der Waals surface area contributed by atoms with Crippen molar-refractivity contribution in [3.63, 3.8) is 0 Å². The van der Waals surface area contributed by atoms with Gasteiger partial charge in [0, 0.05) is 6.42 Å². The highest BCUT2D eigenvalue weighted by atomic mass is 19.4. The first-order valence-corrected chi connectivity index (χ1v) is 10.9. The van der Waals surface area contributed by atoms with Gasteiger partial charge < -0.3 is 0 Å². The minimum Gasteiger partial charge on any atom is -0.171 e. The lowest BCUT2D eigenvalue weighted by molar-refractivity contribution is -0.133. The van der Waals surface area contributed by atoms with Crippen molar-refractivity contribution < 1.29 is 13.2 Å². The molecule has 2 aromatic rings. The lowest BCUT2D eigenvalue weighted by atomic mass is 9.77. The maximum absolute atomic E-state index is 12.2. The zero-order chi connectivity index (χ0) is 20.7. The zero-order valence-corrected chi connectivity index (χ0v) is 17.2. The Morgan fingerprint density at radius 2 is 1.45 bits per heavy atom. The summed E-state index contributed by atoms with van der Waals surface area (Å²) in [5.74, 6) is 1.62. The van der Waals surface area contributed by atoms with Crippen LogP contribution in [0, 0.1) is 5.92 Å². The van der Waals surface area contributed by atoms with E-state index >= 15 is 0 Å². The van der Waals surface area contributed by atoms with Crippen LogP contribution in [0.5, 0.6) is 0 Å². The fourth-order valence-electron chi connectivity index (χ4n) is 4.39. The van der Waals surface area contributed by atoms with E-state index in [9.17, 15) is 13.2 Å². The summed E-state index contributed by atoms with van der Waals surface area (Å²) in [6.45, 7) is 2.28. The Bertz CT molecular complexity index is 761. The highest BCUT2D eigenvalue weighted by Gasteiger charge is 2.25. The van der Waals surface area contributed by atoms with E-state index < -0.39 is 12.6 Å². The second-order valence-electron chi connectivity index (χ2n) is 8.31. The number of benzene rings is 2. The predicted octanol–water partition coefficient (Wildman–Crippen LogP) is 8.78. The molecule has 3 rings (SSSR count). The number of hydrogen-bond donors (Lipinski definition) is 0. The van der Waals surface area contributed by atoms with Crippen LogP contribution >= 0.6 is 0 Å². The Morgan fingerprint density at radius 1 is 0.862 bits per heavy atom. The molecular formula is C26H31F3. The lowest BCUT2D eigenvalue weighted by Crippen LogP contribution is -2.13. The van der Waals surface area contributed by atoms with Gasteiger partial charge in [0.2, 0.25) is 0 Å². The molecule has 0 atom stereocenters. The average Bonchev–Trinajstić information content (AvgIpc) is 2.72. The van der Waals surface area contributed by atoms with Gasteiger partial charge in [-0.1, -0.05) is 80.4 Å². The number of hydrogen-bond acceptors (Lipinski definition) is 0. The number of allylic oxidation sites excluding steroid dienone is 1. The monoisotopic (exact) mass is 400 g/mol. The van der Waals surface area contributed by atoms with Crippen LogP contribution in [0.2, 0.25) is 0 Å². The minimum atomic E-state index is -4.09. The summed E-state index contributed by atoms with van der Waals surface area (Å²) in [4.78, 5) is 0. The molecule has 0 radical (unpaired) electrons. The number of rotatable bonds is 7. The van der Waals surface area contributed by atoms with Gasteiger partial charge in [0.15, 0.2) is 0 Å². The van der Waals surface area contributed by atoms with Crippen molar-refractivity contribution in [1.29, 1.82) is 0 Å². The van der Waals surface area contributed by atoms with Crippen LogP contribution in [0.1, 0.15) is 75.3 Å². The van der Waals surface area contributed by atoms with Crippen LogP contribution in [0.25, 0.3) is 17.2 Å². The van der Waals surface area contributed by atoms with E-state index in [0.717, 1.165) is 17.0 Å². The van der Waals surface area contributed by atoms with Crippen LogP contribution in [-0.2, 0) is 0 Å². The van der Waals surface area contributed by atoms with Crippen molar-refractivity contribution >= 4 is 6.08 Å². The molecule has 0 bridgehead atoms. The van der Waals surface area contributed by atoms with Crippen LogP contribution in [-0.4, -0.2) is 6.18 Å². The smallest absolute Gasteiger partial charge is 0.171 e. The third kappa shape index (κ3) is 6.76. The highest BCUT2D eigenvalue weighted by Crippen LogP contribution is 2.38. The molecule has 0 N–H and O–H groups in total. The molecule has 29 heavy (non-hydrogen) atoms. The van der Waals surface area contributed by atoms with Crippen molar-refractivity contribution in [3.8, 4) is 11.1 Å². The van der Waals surface area contributed by atoms with Gasteiger partial charge in [0.25, 0.3) is 0 Å². The molecule has 156 valence electrons. The van der Waals surface area contributed by atoms with Crippen molar-refractivity contribution in [2.75, 3.05) is 0 Å². The molecule has 0 nitrogen and oxygen atoms in total. The van der Waals surface area contributed by atoms with E-state index in [1.54, 1.807) is 12.2 Å².